The van der Waals surface area contributed by atoms with E-state index in [0.29, 0.717) is 0 Å². The van der Waals surface area contributed by atoms with E-state index in [-0.39, 0.29) is 15.4 Å². The molecule has 0 aromatic carbocycles. The maximum Gasteiger partial charge on any atom is 0.163 e. The van der Waals surface area contributed by atoms with Gasteiger partial charge in [0.2, 0.25) is 0 Å². The van der Waals surface area contributed by atoms with E-state index in [1.54, 1.807) is 17.9 Å². The number of hydrogen-bond donors (Lipinski definition) is 0. The third-order valence-corrected chi connectivity index (χ3v) is 9.16. The van der Waals surface area contributed by atoms with Crippen molar-refractivity contribution in [1.29, 1.82) is 0 Å². The topological polar surface area (TPSA) is 43.4 Å². The zero-order valence-corrected chi connectivity index (χ0v) is 12.7. The first-order valence-electron chi connectivity index (χ1n) is 5.56. The van der Waals surface area contributed by atoms with Crippen LogP contribution in [0.1, 0.15) is 33.1 Å². The van der Waals surface area contributed by atoms with Gasteiger partial charge in [-0.15, -0.1) is 0 Å². The highest BCUT2D eigenvalue weighted by molar-refractivity contribution is 8.79. The van der Waals surface area contributed by atoms with Crippen LogP contribution in [0.4, 0.5) is 0 Å². The molecule has 1 aliphatic heterocycles. The summed E-state index contributed by atoms with van der Waals surface area (Å²) >= 11 is 0. The summed E-state index contributed by atoms with van der Waals surface area (Å²) in [6.45, 7) is 4.00. The molecule has 1 aliphatic carbocycles. The van der Waals surface area contributed by atoms with Gasteiger partial charge in [0, 0.05) is 13.4 Å². The second-order valence-electron chi connectivity index (χ2n) is 3.95. The summed E-state index contributed by atoms with van der Waals surface area (Å²) in [6.07, 6.45) is 4.56. The Kier molecular flexibility index (Phi) is 5.04. The van der Waals surface area contributed by atoms with E-state index in [0.717, 1.165) is 12.8 Å². The van der Waals surface area contributed by atoms with Gasteiger partial charge in [-0.25, -0.2) is 8.42 Å². The van der Waals surface area contributed by atoms with Gasteiger partial charge >= 0.3 is 0 Å². The van der Waals surface area contributed by atoms with E-state index in [4.69, 9.17) is 4.74 Å². The molecule has 1 heterocycles. The number of sulfone groups is 1. The molecule has 1 saturated carbocycles. The Morgan fingerprint density at radius 1 is 1.31 bits per heavy atom. The zero-order valence-electron chi connectivity index (χ0n) is 10.2. The zero-order chi connectivity index (χ0) is 12.4. The lowest BCUT2D eigenvalue weighted by Gasteiger charge is -2.41. The van der Waals surface area contributed by atoms with Crippen LogP contribution < -0.4 is 0 Å². The normalized spacial score (nSPS) is 31.8. The Labute approximate surface area is 106 Å². The molecule has 0 N–H and O–H groups in total. The summed E-state index contributed by atoms with van der Waals surface area (Å²) < 4.78 is 28.1. The van der Waals surface area contributed by atoms with Crippen LogP contribution in [0.25, 0.3) is 0 Å². The summed E-state index contributed by atoms with van der Waals surface area (Å²) in [4.78, 5) is 0. The molecule has 2 aliphatic rings. The Morgan fingerprint density at radius 2 is 1.88 bits per heavy atom. The van der Waals surface area contributed by atoms with Crippen LogP contribution in [-0.2, 0) is 14.6 Å². The van der Waals surface area contributed by atoms with E-state index in [1.165, 1.54) is 23.5 Å². The largest absolute Gasteiger partial charge is 0.378 e. The van der Waals surface area contributed by atoms with E-state index in [9.17, 15) is 8.42 Å². The van der Waals surface area contributed by atoms with Crippen molar-refractivity contribution in [3.05, 3.63) is 0 Å². The minimum absolute atomic E-state index is 0.0904. The molecule has 0 radical (unpaired) electrons. The molecule has 16 heavy (non-hydrogen) atoms. The molecule has 1 saturated heterocycles. The van der Waals surface area contributed by atoms with Crippen molar-refractivity contribution in [2.75, 3.05) is 13.4 Å². The van der Waals surface area contributed by atoms with E-state index in [1.807, 2.05) is 13.8 Å². The van der Waals surface area contributed by atoms with Gasteiger partial charge in [-0.1, -0.05) is 41.9 Å². The predicted octanol–water partition coefficient (Wildman–Crippen LogP) is 2.72. The molecule has 3 nitrogen and oxygen atoms in total. The van der Waals surface area contributed by atoms with Crippen molar-refractivity contribution in [3.8, 4) is 0 Å². The number of ether oxygens (including phenoxy) is 1. The second-order valence-corrected chi connectivity index (χ2v) is 9.17. The van der Waals surface area contributed by atoms with Crippen LogP contribution in [0.2, 0.25) is 0 Å². The number of rotatable bonds is 2. The lowest BCUT2D eigenvalue weighted by molar-refractivity contribution is 0.0532. The maximum absolute atomic E-state index is 11.5. The van der Waals surface area contributed by atoms with Crippen LogP contribution in [0.15, 0.2) is 0 Å². The molecular formula is C10H20O3S3. The van der Waals surface area contributed by atoms with Crippen molar-refractivity contribution < 1.29 is 13.2 Å². The van der Waals surface area contributed by atoms with Crippen molar-refractivity contribution >= 4 is 31.4 Å². The maximum atomic E-state index is 11.5. The minimum Gasteiger partial charge on any atom is -0.378 e. The van der Waals surface area contributed by atoms with Gasteiger partial charge in [0.25, 0.3) is 0 Å². The molecule has 0 amide bonds. The Morgan fingerprint density at radius 3 is 2.19 bits per heavy atom. The van der Waals surface area contributed by atoms with Crippen molar-refractivity contribution in [2.45, 2.75) is 48.5 Å². The molecular weight excluding hydrogens is 264 g/mol. The van der Waals surface area contributed by atoms with Crippen LogP contribution >= 0.6 is 21.6 Å². The first-order valence-corrected chi connectivity index (χ1v) is 9.72. The number of hydrogen-bond acceptors (Lipinski definition) is 5. The van der Waals surface area contributed by atoms with Crippen molar-refractivity contribution in [3.63, 3.8) is 0 Å². The van der Waals surface area contributed by atoms with Gasteiger partial charge in [0.1, 0.15) is 4.58 Å². The second kappa shape index (κ2) is 5.50. The van der Waals surface area contributed by atoms with Gasteiger partial charge in [0.15, 0.2) is 9.84 Å². The van der Waals surface area contributed by atoms with Gasteiger partial charge < -0.3 is 4.74 Å². The van der Waals surface area contributed by atoms with Crippen LogP contribution in [-0.4, -0.2) is 37.2 Å². The molecule has 1 spiro atoms. The van der Waals surface area contributed by atoms with Crippen LogP contribution in [0.5, 0.6) is 0 Å². The average molecular weight is 284 g/mol. The Hall–Kier alpha value is 0.610. The SMILES string of the molecule is CC.COC1C(S(C)(=O)=O)SSC12CCC2. The fourth-order valence-corrected chi connectivity index (χ4v) is 8.69. The molecule has 2 unspecified atom stereocenters. The van der Waals surface area contributed by atoms with Crippen molar-refractivity contribution in [2.24, 2.45) is 0 Å². The van der Waals surface area contributed by atoms with Gasteiger partial charge in [-0.2, -0.15) is 0 Å². The lowest BCUT2D eigenvalue weighted by Crippen LogP contribution is -2.48. The smallest absolute Gasteiger partial charge is 0.163 e. The first kappa shape index (κ1) is 14.7. The highest BCUT2D eigenvalue weighted by atomic mass is 33.1. The molecule has 2 atom stereocenters. The molecule has 2 rings (SSSR count). The molecule has 6 heteroatoms. The molecule has 0 aromatic heterocycles. The van der Waals surface area contributed by atoms with Gasteiger partial charge in [-0.3, -0.25) is 0 Å². The average Bonchev–Trinajstić information content (AvgIpc) is 2.58. The van der Waals surface area contributed by atoms with E-state index in [2.05, 4.69) is 0 Å². The highest BCUT2D eigenvalue weighted by Crippen LogP contribution is 2.62. The van der Waals surface area contributed by atoms with Crippen LogP contribution in [0.3, 0.4) is 0 Å². The van der Waals surface area contributed by atoms with Gasteiger partial charge in [0.05, 0.1) is 10.9 Å². The summed E-state index contributed by atoms with van der Waals surface area (Å²) in [6, 6.07) is 0. The molecule has 2 fully saturated rings. The van der Waals surface area contributed by atoms with Crippen LogP contribution in [0, 0.1) is 0 Å². The lowest BCUT2D eigenvalue weighted by atomic mass is 9.80. The third kappa shape index (κ3) is 2.54. The molecule has 0 bridgehead atoms. The summed E-state index contributed by atoms with van der Waals surface area (Å²) in [5.41, 5.74) is 0. The molecule has 96 valence electrons. The Balaban J connectivity index is 0.000000606. The predicted molar refractivity (Wildman–Crippen MR) is 72.5 cm³/mol. The third-order valence-electron chi connectivity index (χ3n) is 2.95. The highest BCUT2D eigenvalue weighted by Gasteiger charge is 2.57. The summed E-state index contributed by atoms with van der Waals surface area (Å²) in [7, 11) is 1.81. The van der Waals surface area contributed by atoms with E-state index >= 15 is 0 Å². The standard InChI is InChI=1S/C8H14O3S3.C2H6/c1-11-6-7(14(2,9)10)12-13-8(6)4-3-5-8;1-2/h6-7H,3-5H2,1-2H3;1-2H3. The first-order chi connectivity index (χ1) is 7.49. The minimum atomic E-state index is -2.99. The van der Waals surface area contributed by atoms with Crippen molar-refractivity contribution in [1.82, 2.24) is 0 Å². The van der Waals surface area contributed by atoms with Gasteiger partial charge in [-0.05, 0) is 12.8 Å². The fourth-order valence-electron chi connectivity index (χ4n) is 2.00. The quantitative estimate of drug-likeness (QED) is 0.729. The Bertz CT molecular complexity index is 322. The summed E-state index contributed by atoms with van der Waals surface area (Å²) in [5, 5.41) is 0. The van der Waals surface area contributed by atoms with E-state index < -0.39 is 9.84 Å². The number of methoxy groups -OCH3 is 1. The molecule has 0 aromatic rings. The monoisotopic (exact) mass is 284 g/mol. The fraction of sp³-hybridized carbons (Fsp3) is 1.00. The summed E-state index contributed by atoms with van der Waals surface area (Å²) in [5.74, 6) is 0.